The minimum atomic E-state index is -0.344. The molecule has 0 aliphatic carbocycles. The summed E-state index contributed by atoms with van der Waals surface area (Å²) in [4.78, 5) is 29.2. The van der Waals surface area contributed by atoms with Crippen molar-refractivity contribution in [1.29, 1.82) is 0 Å². The van der Waals surface area contributed by atoms with Crippen molar-refractivity contribution >= 4 is 17.7 Å². The van der Waals surface area contributed by atoms with Crippen LogP contribution in [0, 0.1) is 0 Å². The Hall–Kier alpha value is -2.89. The average Bonchev–Trinajstić information content (AvgIpc) is 3.11. The molecule has 3 heterocycles. The van der Waals surface area contributed by atoms with Crippen molar-refractivity contribution in [3.8, 4) is 11.1 Å². The third kappa shape index (κ3) is 2.40. The lowest BCUT2D eigenvalue weighted by atomic mass is 10.0. The number of rotatable bonds is 3. The molecule has 1 aromatic carbocycles. The van der Waals surface area contributed by atoms with Gasteiger partial charge in [-0.25, -0.2) is 4.79 Å². The minimum absolute atomic E-state index is 0.0662. The predicted octanol–water partition coefficient (Wildman–Crippen LogP) is 2.13. The van der Waals surface area contributed by atoms with Crippen molar-refractivity contribution in [2.75, 3.05) is 11.4 Å². The van der Waals surface area contributed by atoms with Crippen molar-refractivity contribution < 1.29 is 14.3 Å². The highest BCUT2D eigenvalue weighted by Crippen LogP contribution is 2.40. The molecule has 1 saturated heterocycles. The molecule has 2 aromatic rings. The third-order valence-electron chi connectivity index (χ3n) is 4.52. The number of hydrogen-bond donors (Lipinski definition) is 1. The van der Waals surface area contributed by atoms with Gasteiger partial charge in [-0.05, 0) is 41.3 Å². The smallest absolute Gasteiger partial charge is 0.415 e. The number of pyridine rings is 1. The maximum Gasteiger partial charge on any atom is 0.415 e. The van der Waals surface area contributed by atoms with E-state index in [0.717, 1.165) is 28.8 Å². The zero-order valence-corrected chi connectivity index (χ0v) is 13.2. The number of amides is 2. The number of fused-ring (bicyclic) bond motifs is 3. The highest BCUT2D eigenvalue weighted by molar-refractivity contribution is 5.94. The largest absolute Gasteiger partial charge is 0.442 e. The summed E-state index contributed by atoms with van der Waals surface area (Å²) in [6, 6.07) is 9.91. The van der Waals surface area contributed by atoms with Crippen LogP contribution in [0.2, 0.25) is 0 Å². The molecular formula is C18H17N3O3. The summed E-state index contributed by atoms with van der Waals surface area (Å²) < 4.78 is 5.41. The lowest BCUT2D eigenvalue weighted by Crippen LogP contribution is -2.40. The van der Waals surface area contributed by atoms with Gasteiger partial charge in [0, 0.05) is 19.3 Å². The van der Waals surface area contributed by atoms with E-state index < -0.39 is 0 Å². The molecule has 2 atom stereocenters. The molecule has 122 valence electrons. The first kappa shape index (κ1) is 14.7. The van der Waals surface area contributed by atoms with Crippen molar-refractivity contribution in [2.24, 2.45) is 0 Å². The zero-order valence-electron chi connectivity index (χ0n) is 13.2. The fourth-order valence-electron chi connectivity index (χ4n) is 3.41. The molecule has 4 rings (SSSR count). The second kappa shape index (κ2) is 5.63. The van der Waals surface area contributed by atoms with E-state index in [9.17, 15) is 9.59 Å². The van der Waals surface area contributed by atoms with Crippen LogP contribution in [0.1, 0.15) is 12.5 Å². The van der Waals surface area contributed by atoms with E-state index in [-0.39, 0.29) is 24.1 Å². The van der Waals surface area contributed by atoms with E-state index in [1.807, 2.05) is 30.5 Å². The van der Waals surface area contributed by atoms with Gasteiger partial charge < -0.3 is 10.1 Å². The number of benzene rings is 1. The van der Waals surface area contributed by atoms with Gasteiger partial charge in [-0.1, -0.05) is 12.1 Å². The summed E-state index contributed by atoms with van der Waals surface area (Å²) in [7, 11) is 0. The van der Waals surface area contributed by atoms with Gasteiger partial charge in [-0.2, -0.15) is 0 Å². The Morgan fingerprint density at radius 1 is 1.38 bits per heavy atom. The van der Waals surface area contributed by atoms with Gasteiger partial charge in [0.25, 0.3) is 0 Å². The predicted molar refractivity (Wildman–Crippen MR) is 88.6 cm³/mol. The van der Waals surface area contributed by atoms with Gasteiger partial charge in [-0.3, -0.25) is 14.7 Å². The fraction of sp³-hybridized carbons (Fsp3) is 0.278. The van der Waals surface area contributed by atoms with E-state index in [4.69, 9.17) is 4.74 Å². The molecule has 6 heteroatoms. The molecule has 2 aliphatic heterocycles. The Bertz CT molecular complexity index is 806. The molecule has 1 N–H and O–H groups in total. The lowest BCUT2D eigenvalue weighted by Gasteiger charge is -2.16. The van der Waals surface area contributed by atoms with Crippen LogP contribution in [-0.2, 0) is 16.0 Å². The van der Waals surface area contributed by atoms with Gasteiger partial charge in [-0.15, -0.1) is 0 Å². The summed E-state index contributed by atoms with van der Waals surface area (Å²) >= 11 is 0. The Balaban J connectivity index is 1.62. The minimum Gasteiger partial charge on any atom is -0.442 e. The number of cyclic esters (lactones) is 1. The standard InChI is InChI=1S/C18H17N3O3/c1-11(22)20-10-17-16-8-14-7-12(13-3-2-6-19-9-13)4-5-15(14)21(16)18(23)24-17/h2-7,9,16-17H,8,10H2,1H3,(H,20,22)/t16-,17+/m1/s1. The van der Waals surface area contributed by atoms with Crippen LogP contribution in [0.5, 0.6) is 0 Å². The first-order valence-corrected chi connectivity index (χ1v) is 7.91. The first-order chi connectivity index (χ1) is 11.6. The van der Waals surface area contributed by atoms with Crippen LogP contribution >= 0.6 is 0 Å². The molecule has 0 unspecified atom stereocenters. The Morgan fingerprint density at radius 2 is 2.25 bits per heavy atom. The number of nitrogens with one attached hydrogen (secondary N) is 1. The van der Waals surface area contributed by atoms with Crippen LogP contribution in [0.4, 0.5) is 10.5 Å². The number of carbonyl (C=O) groups is 2. The molecule has 0 radical (unpaired) electrons. The second-order valence-corrected chi connectivity index (χ2v) is 6.09. The van der Waals surface area contributed by atoms with Gasteiger partial charge in [0.15, 0.2) is 0 Å². The van der Waals surface area contributed by atoms with Crippen LogP contribution in [-0.4, -0.2) is 35.7 Å². The molecular weight excluding hydrogens is 306 g/mol. The Labute approximate surface area is 139 Å². The topological polar surface area (TPSA) is 71.5 Å². The van der Waals surface area contributed by atoms with Crippen molar-refractivity contribution in [1.82, 2.24) is 10.3 Å². The van der Waals surface area contributed by atoms with Crippen molar-refractivity contribution in [3.05, 3.63) is 48.3 Å². The van der Waals surface area contributed by atoms with Crippen molar-refractivity contribution in [2.45, 2.75) is 25.5 Å². The summed E-state index contributed by atoms with van der Waals surface area (Å²) in [6.07, 6.45) is 3.62. The summed E-state index contributed by atoms with van der Waals surface area (Å²) in [6.45, 7) is 1.80. The van der Waals surface area contributed by atoms with E-state index in [2.05, 4.69) is 16.4 Å². The quantitative estimate of drug-likeness (QED) is 0.939. The third-order valence-corrected chi connectivity index (χ3v) is 4.52. The van der Waals surface area contributed by atoms with Crippen molar-refractivity contribution in [3.63, 3.8) is 0 Å². The first-order valence-electron chi connectivity index (χ1n) is 7.91. The van der Waals surface area contributed by atoms with E-state index in [0.29, 0.717) is 6.54 Å². The molecule has 2 aliphatic rings. The number of carbonyl (C=O) groups excluding carboxylic acids is 2. The highest BCUT2D eigenvalue weighted by Gasteiger charge is 2.47. The van der Waals surface area contributed by atoms with Crippen LogP contribution in [0.3, 0.4) is 0 Å². The summed E-state index contributed by atoms with van der Waals surface area (Å²) in [5, 5.41) is 2.73. The number of anilines is 1. The maximum atomic E-state index is 12.2. The lowest BCUT2D eigenvalue weighted by molar-refractivity contribution is -0.119. The number of aromatic nitrogens is 1. The van der Waals surface area contributed by atoms with Crippen LogP contribution < -0.4 is 10.2 Å². The molecule has 0 spiro atoms. The number of hydrogen-bond acceptors (Lipinski definition) is 4. The van der Waals surface area contributed by atoms with Gasteiger partial charge in [0.05, 0.1) is 18.3 Å². The SMILES string of the molecule is CC(=O)NC[C@@H]1OC(=O)N2c3ccc(-c4cccnc4)cc3C[C@H]12. The average molecular weight is 323 g/mol. The molecule has 2 amide bonds. The Morgan fingerprint density at radius 3 is 3.00 bits per heavy atom. The molecule has 1 aromatic heterocycles. The molecule has 6 nitrogen and oxygen atoms in total. The molecule has 24 heavy (non-hydrogen) atoms. The summed E-state index contributed by atoms with van der Waals surface area (Å²) in [5.41, 5.74) is 4.13. The highest BCUT2D eigenvalue weighted by atomic mass is 16.6. The van der Waals surface area contributed by atoms with E-state index in [1.54, 1.807) is 11.1 Å². The fourth-order valence-corrected chi connectivity index (χ4v) is 3.41. The summed E-state index contributed by atoms with van der Waals surface area (Å²) in [5.74, 6) is -0.126. The van der Waals surface area contributed by atoms with Gasteiger partial charge in [0.2, 0.25) is 5.91 Å². The zero-order chi connectivity index (χ0) is 16.7. The van der Waals surface area contributed by atoms with E-state index >= 15 is 0 Å². The second-order valence-electron chi connectivity index (χ2n) is 6.09. The number of nitrogens with zero attached hydrogens (tertiary/aromatic N) is 2. The Kier molecular flexibility index (Phi) is 3.45. The number of ether oxygens (including phenoxy) is 1. The van der Waals surface area contributed by atoms with Gasteiger partial charge >= 0.3 is 6.09 Å². The molecule has 0 saturated carbocycles. The van der Waals surface area contributed by atoms with Gasteiger partial charge in [0.1, 0.15) is 6.10 Å². The molecule has 1 fully saturated rings. The molecule has 0 bridgehead atoms. The monoisotopic (exact) mass is 323 g/mol. The van der Waals surface area contributed by atoms with Crippen LogP contribution in [0.15, 0.2) is 42.7 Å². The van der Waals surface area contributed by atoms with E-state index in [1.165, 1.54) is 6.92 Å². The maximum absolute atomic E-state index is 12.2. The van der Waals surface area contributed by atoms with Crippen LogP contribution in [0.25, 0.3) is 11.1 Å². The normalized spacial score (nSPS) is 21.2.